The molecule has 7 nitrogen and oxygen atoms in total. The number of rotatable bonds is 6. The summed E-state index contributed by atoms with van der Waals surface area (Å²) in [5.74, 6) is -1.60. The number of carbonyl (C=O) groups excluding carboxylic acids is 1. The lowest BCUT2D eigenvalue weighted by Crippen LogP contribution is -2.55. The molecule has 2 aromatic rings. The first-order valence-electron chi connectivity index (χ1n) is 11.5. The largest absolute Gasteiger partial charge is 0.477 e. The molecule has 0 radical (unpaired) electrons. The Balaban J connectivity index is 1.44. The van der Waals surface area contributed by atoms with E-state index < -0.39 is 44.7 Å². The van der Waals surface area contributed by atoms with Crippen LogP contribution in [-0.4, -0.2) is 49.3 Å². The van der Waals surface area contributed by atoms with Crippen molar-refractivity contribution in [3.8, 4) is 5.75 Å². The highest BCUT2D eigenvalue weighted by Crippen LogP contribution is 2.40. The van der Waals surface area contributed by atoms with Gasteiger partial charge in [0.15, 0.2) is 15.4 Å². The number of fused-ring (bicyclic) bond motifs is 2. The lowest BCUT2D eigenvalue weighted by atomic mass is 9.96. The van der Waals surface area contributed by atoms with Gasteiger partial charge in [-0.3, -0.25) is 4.79 Å². The maximum absolute atomic E-state index is 13.6. The van der Waals surface area contributed by atoms with Gasteiger partial charge in [0.25, 0.3) is 5.91 Å². The van der Waals surface area contributed by atoms with Crippen LogP contribution >= 0.6 is 0 Å². The number of hydrogen-bond donors (Lipinski definition) is 1. The Morgan fingerprint density at radius 2 is 1.75 bits per heavy atom. The number of aromatic nitrogens is 1. The van der Waals surface area contributed by atoms with E-state index in [4.69, 9.17) is 4.74 Å². The van der Waals surface area contributed by atoms with Crippen LogP contribution in [0.4, 0.5) is 23.4 Å². The van der Waals surface area contributed by atoms with E-state index >= 15 is 0 Å². The first-order chi connectivity index (χ1) is 16.6. The Bertz CT molecular complexity index is 1230. The number of anilines is 1. The van der Waals surface area contributed by atoms with Gasteiger partial charge in [-0.15, -0.1) is 0 Å². The molecule has 2 aliphatic rings. The van der Waals surface area contributed by atoms with Crippen LogP contribution in [0.2, 0.25) is 0 Å². The van der Waals surface area contributed by atoms with Crippen molar-refractivity contribution < 1.29 is 35.5 Å². The molecule has 1 aromatic heterocycles. The number of sulfone groups is 1. The highest BCUT2D eigenvalue weighted by atomic mass is 32.2. The summed E-state index contributed by atoms with van der Waals surface area (Å²) < 4.78 is 82.5. The first kappa shape index (κ1) is 26.2. The second-order valence-electron chi connectivity index (χ2n) is 9.81. The van der Waals surface area contributed by atoms with Crippen molar-refractivity contribution in [2.45, 2.75) is 74.3 Å². The maximum Gasteiger partial charge on any atom is 0.419 e. The van der Waals surface area contributed by atoms with Crippen LogP contribution < -0.4 is 15.0 Å². The van der Waals surface area contributed by atoms with Gasteiger partial charge in [-0.1, -0.05) is 0 Å². The molecule has 1 amide bonds. The van der Waals surface area contributed by atoms with E-state index in [-0.39, 0.29) is 23.0 Å². The fourth-order valence-corrected chi connectivity index (χ4v) is 5.47. The Hall–Kier alpha value is -2.89. The third-order valence-corrected chi connectivity index (χ3v) is 7.74. The van der Waals surface area contributed by atoms with E-state index in [1.807, 2.05) is 0 Å². The van der Waals surface area contributed by atoms with Crippen molar-refractivity contribution in [2.24, 2.45) is 0 Å². The molecule has 2 aliphatic heterocycles. The van der Waals surface area contributed by atoms with Crippen molar-refractivity contribution >= 4 is 21.6 Å². The van der Waals surface area contributed by atoms with Crippen LogP contribution in [0.25, 0.3) is 0 Å². The number of halogens is 4. The number of hydrogen-bond acceptors (Lipinski definition) is 6. The number of benzene rings is 1. The fourth-order valence-electron chi connectivity index (χ4n) is 4.91. The van der Waals surface area contributed by atoms with Crippen molar-refractivity contribution in [3.05, 3.63) is 47.9 Å². The highest BCUT2D eigenvalue weighted by Gasteiger charge is 2.44. The molecule has 0 saturated carbocycles. The van der Waals surface area contributed by atoms with Crippen LogP contribution in [0.5, 0.6) is 5.75 Å². The standard InChI is InChI=1S/C24H27F4N3O4S/c1-23(2,35-20-10-14(25)4-8-19(20)24(26,27)28)22(32)30-15-11-16-5-6-17(12-15)31(16)21-9-7-18(13-29-21)36(3,33)34/h4,7-10,13,15-17H,5-6,11-12H2,1-3H3,(H,30,32). The van der Waals surface area contributed by atoms with Gasteiger partial charge in [-0.2, -0.15) is 13.2 Å². The molecule has 2 bridgehead atoms. The molecule has 36 heavy (non-hydrogen) atoms. The van der Waals surface area contributed by atoms with Crippen LogP contribution in [0.3, 0.4) is 0 Å². The van der Waals surface area contributed by atoms with Crippen LogP contribution in [-0.2, 0) is 20.8 Å². The second-order valence-corrected chi connectivity index (χ2v) is 11.8. The molecule has 2 unspecified atom stereocenters. The Labute approximate surface area is 206 Å². The van der Waals surface area contributed by atoms with E-state index in [0.29, 0.717) is 36.9 Å². The average Bonchev–Trinajstić information content (AvgIpc) is 3.02. The third kappa shape index (κ3) is 5.42. The molecule has 2 atom stereocenters. The van der Waals surface area contributed by atoms with E-state index in [1.54, 1.807) is 6.07 Å². The average molecular weight is 530 g/mol. The summed E-state index contributed by atoms with van der Waals surface area (Å²) >= 11 is 0. The second kappa shape index (κ2) is 9.20. The van der Waals surface area contributed by atoms with E-state index in [1.165, 1.54) is 26.1 Å². The number of amides is 1. The molecule has 3 heterocycles. The van der Waals surface area contributed by atoms with Crippen molar-refractivity contribution in [2.75, 3.05) is 11.2 Å². The zero-order chi connectivity index (χ0) is 26.5. The van der Waals surface area contributed by atoms with Gasteiger partial charge in [-0.25, -0.2) is 17.8 Å². The first-order valence-corrected chi connectivity index (χ1v) is 13.4. The van der Waals surface area contributed by atoms with E-state index in [9.17, 15) is 30.8 Å². The van der Waals surface area contributed by atoms with E-state index in [2.05, 4.69) is 15.2 Å². The molecule has 1 aromatic carbocycles. The summed E-state index contributed by atoms with van der Waals surface area (Å²) in [5, 5.41) is 2.89. The monoisotopic (exact) mass is 529 g/mol. The molecular weight excluding hydrogens is 502 g/mol. The molecule has 2 saturated heterocycles. The molecule has 196 valence electrons. The minimum absolute atomic E-state index is 0.0646. The number of nitrogens with zero attached hydrogens (tertiary/aromatic N) is 2. The Morgan fingerprint density at radius 3 is 2.28 bits per heavy atom. The zero-order valence-electron chi connectivity index (χ0n) is 20.0. The molecule has 2 fully saturated rings. The topological polar surface area (TPSA) is 88.6 Å². The van der Waals surface area contributed by atoms with Gasteiger partial charge in [0.1, 0.15) is 17.4 Å². The van der Waals surface area contributed by atoms with Crippen LogP contribution in [0.1, 0.15) is 45.1 Å². The number of pyridine rings is 1. The lowest BCUT2D eigenvalue weighted by Gasteiger charge is -2.41. The minimum atomic E-state index is -4.77. The van der Waals surface area contributed by atoms with Crippen LogP contribution in [0, 0.1) is 5.82 Å². The van der Waals surface area contributed by atoms with E-state index in [0.717, 1.165) is 19.1 Å². The Morgan fingerprint density at radius 1 is 1.11 bits per heavy atom. The minimum Gasteiger partial charge on any atom is -0.477 e. The van der Waals surface area contributed by atoms with Crippen molar-refractivity contribution in [3.63, 3.8) is 0 Å². The Kier molecular flexibility index (Phi) is 6.69. The fraction of sp³-hybridized carbons (Fsp3) is 0.500. The maximum atomic E-state index is 13.6. The van der Waals surface area contributed by atoms with Gasteiger partial charge in [0.2, 0.25) is 0 Å². The summed E-state index contributed by atoms with van der Waals surface area (Å²) in [5.41, 5.74) is -2.85. The summed E-state index contributed by atoms with van der Waals surface area (Å²) in [7, 11) is -3.36. The molecule has 0 spiro atoms. The predicted molar refractivity (Wildman–Crippen MR) is 124 cm³/mol. The molecule has 12 heteroatoms. The lowest BCUT2D eigenvalue weighted by molar-refractivity contribution is -0.143. The molecular formula is C24H27F4N3O4S. The van der Waals surface area contributed by atoms with Gasteiger partial charge >= 0.3 is 6.18 Å². The van der Waals surface area contributed by atoms with Crippen molar-refractivity contribution in [1.82, 2.24) is 10.3 Å². The summed E-state index contributed by atoms with van der Waals surface area (Å²) in [6, 6.07) is 4.99. The van der Waals surface area contributed by atoms with Crippen molar-refractivity contribution in [1.29, 1.82) is 0 Å². The quantitative estimate of drug-likeness (QED) is 0.567. The highest BCUT2D eigenvalue weighted by molar-refractivity contribution is 7.90. The van der Waals surface area contributed by atoms with Gasteiger partial charge in [-0.05, 0) is 63.8 Å². The number of carbonyl (C=O) groups is 1. The van der Waals surface area contributed by atoms with Gasteiger partial charge in [0, 0.05) is 36.6 Å². The summed E-state index contributed by atoms with van der Waals surface area (Å²) in [6.45, 7) is 2.68. The number of alkyl halides is 3. The molecule has 1 N–H and O–H groups in total. The number of ether oxygens (including phenoxy) is 1. The SMILES string of the molecule is CC(C)(Oc1cc(F)ccc1C(F)(F)F)C(=O)NC1CC2CCC(C1)N2c1ccc(S(C)(=O)=O)cn1. The number of piperidine rings is 1. The zero-order valence-corrected chi connectivity index (χ0v) is 20.8. The third-order valence-electron chi connectivity index (χ3n) is 6.64. The summed E-state index contributed by atoms with van der Waals surface area (Å²) in [6.07, 6.45) is 0.581. The summed E-state index contributed by atoms with van der Waals surface area (Å²) in [4.78, 5) is 19.6. The smallest absolute Gasteiger partial charge is 0.419 e. The molecule has 0 aliphatic carbocycles. The predicted octanol–water partition coefficient (Wildman–Crippen LogP) is 4.12. The van der Waals surface area contributed by atoms with Gasteiger partial charge < -0.3 is 15.0 Å². The van der Waals surface area contributed by atoms with Gasteiger partial charge in [0.05, 0.1) is 10.5 Å². The van der Waals surface area contributed by atoms with Crippen LogP contribution in [0.15, 0.2) is 41.4 Å². The normalized spacial score (nSPS) is 22.4. The number of nitrogens with one attached hydrogen (secondary N) is 1. The molecule has 4 rings (SSSR count).